The predicted octanol–water partition coefficient (Wildman–Crippen LogP) is 2.05. The largest absolute Gasteiger partial charge is 0.496 e. The maximum absolute atomic E-state index is 5.67. The normalized spacial score (nSPS) is 25.4. The number of rotatable bonds is 2. The van der Waals surface area contributed by atoms with Gasteiger partial charge >= 0.3 is 0 Å². The van der Waals surface area contributed by atoms with Gasteiger partial charge in [-0.15, -0.1) is 0 Å². The highest BCUT2D eigenvalue weighted by molar-refractivity contribution is 5.39. The first-order chi connectivity index (χ1) is 7.72. The smallest absolute Gasteiger partial charge is 0.123 e. The zero-order valence-corrected chi connectivity index (χ0v) is 10.1. The molecule has 1 saturated heterocycles. The third kappa shape index (κ3) is 2.20. The molecule has 0 aliphatic carbocycles. The predicted molar refractivity (Wildman–Crippen MR) is 63.9 cm³/mol. The summed E-state index contributed by atoms with van der Waals surface area (Å²) in [7, 11) is 1.71. The average Bonchev–Trinajstić information content (AvgIpc) is 2.29. The third-order valence-electron chi connectivity index (χ3n) is 3.04. The summed E-state index contributed by atoms with van der Waals surface area (Å²) in [5.74, 6) is 0.931. The molecule has 3 heteroatoms. The number of morpholine rings is 1. The molecule has 0 aromatic heterocycles. The molecular weight excluding hydrogens is 202 g/mol. The van der Waals surface area contributed by atoms with Crippen LogP contribution in [0.25, 0.3) is 0 Å². The van der Waals surface area contributed by atoms with Crippen LogP contribution in [-0.4, -0.2) is 26.4 Å². The Kier molecular flexibility index (Phi) is 3.46. The fourth-order valence-electron chi connectivity index (χ4n) is 2.18. The maximum atomic E-state index is 5.67. The van der Waals surface area contributed by atoms with Gasteiger partial charge in [0.15, 0.2) is 0 Å². The second-order valence-electron chi connectivity index (χ2n) is 4.25. The summed E-state index contributed by atoms with van der Waals surface area (Å²) in [4.78, 5) is 0. The van der Waals surface area contributed by atoms with Crippen molar-refractivity contribution in [3.8, 4) is 5.75 Å². The Hall–Kier alpha value is -1.06. The molecule has 1 aliphatic rings. The minimum atomic E-state index is 0.185. The molecule has 2 atom stereocenters. The standard InChI is InChI=1S/C13H19NO2/c1-9-4-5-12(15-3)11(8-9)13-10(2)16-7-6-14-13/h4-5,8,10,13-14H,6-7H2,1-3H3. The number of hydrogen-bond donors (Lipinski definition) is 1. The van der Waals surface area contributed by atoms with Gasteiger partial charge in [0.05, 0.1) is 25.9 Å². The quantitative estimate of drug-likeness (QED) is 0.829. The Morgan fingerprint density at radius 1 is 1.44 bits per heavy atom. The number of aryl methyl sites for hydroxylation is 1. The van der Waals surface area contributed by atoms with Gasteiger partial charge < -0.3 is 14.8 Å². The third-order valence-corrected chi connectivity index (χ3v) is 3.04. The first-order valence-corrected chi connectivity index (χ1v) is 5.72. The Balaban J connectivity index is 2.33. The number of benzene rings is 1. The zero-order valence-electron chi connectivity index (χ0n) is 10.1. The summed E-state index contributed by atoms with van der Waals surface area (Å²) in [5, 5.41) is 3.48. The number of nitrogens with one attached hydrogen (secondary N) is 1. The van der Waals surface area contributed by atoms with Crippen molar-refractivity contribution in [3.63, 3.8) is 0 Å². The number of methoxy groups -OCH3 is 1. The lowest BCUT2D eigenvalue weighted by Crippen LogP contribution is -2.40. The monoisotopic (exact) mass is 221 g/mol. The second-order valence-corrected chi connectivity index (χ2v) is 4.25. The van der Waals surface area contributed by atoms with Gasteiger partial charge in [0.2, 0.25) is 0 Å². The van der Waals surface area contributed by atoms with Crippen LogP contribution in [0.15, 0.2) is 18.2 Å². The molecule has 2 rings (SSSR count). The van der Waals surface area contributed by atoms with Crippen LogP contribution in [0, 0.1) is 6.92 Å². The number of hydrogen-bond acceptors (Lipinski definition) is 3. The lowest BCUT2D eigenvalue weighted by molar-refractivity contribution is 0.00694. The number of ether oxygens (including phenoxy) is 2. The van der Waals surface area contributed by atoms with Crippen LogP contribution in [0.2, 0.25) is 0 Å². The highest BCUT2D eigenvalue weighted by Gasteiger charge is 2.25. The van der Waals surface area contributed by atoms with E-state index in [1.54, 1.807) is 7.11 Å². The van der Waals surface area contributed by atoms with Crippen molar-refractivity contribution in [2.24, 2.45) is 0 Å². The topological polar surface area (TPSA) is 30.5 Å². The Morgan fingerprint density at radius 2 is 2.25 bits per heavy atom. The van der Waals surface area contributed by atoms with Crippen LogP contribution in [0.3, 0.4) is 0 Å². The molecule has 1 fully saturated rings. The van der Waals surface area contributed by atoms with E-state index in [9.17, 15) is 0 Å². The van der Waals surface area contributed by atoms with Gasteiger partial charge in [0, 0.05) is 12.1 Å². The van der Waals surface area contributed by atoms with E-state index in [1.807, 2.05) is 6.07 Å². The molecular formula is C13H19NO2. The van der Waals surface area contributed by atoms with Crippen LogP contribution in [0.5, 0.6) is 5.75 Å². The van der Waals surface area contributed by atoms with Gasteiger partial charge in [-0.3, -0.25) is 0 Å². The molecule has 1 heterocycles. The van der Waals surface area contributed by atoms with E-state index in [0.717, 1.165) is 18.9 Å². The molecule has 0 amide bonds. The van der Waals surface area contributed by atoms with E-state index >= 15 is 0 Å². The SMILES string of the molecule is COc1ccc(C)cc1C1NCCOC1C. The molecule has 1 aliphatic heterocycles. The highest BCUT2D eigenvalue weighted by Crippen LogP contribution is 2.30. The second kappa shape index (κ2) is 4.85. The van der Waals surface area contributed by atoms with Crippen molar-refractivity contribution in [1.82, 2.24) is 5.32 Å². The molecule has 1 N–H and O–H groups in total. The summed E-state index contributed by atoms with van der Waals surface area (Å²) in [6.45, 7) is 5.87. The molecule has 0 bridgehead atoms. The van der Waals surface area contributed by atoms with E-state index in [-0.39, 0.29) is 12.1 Å². The summed E-state index contributed by atoms with van der Waals surface area (Å²) >= 11 is 0. The maximum Gasteiger partial charge on any atom is 0.123 e. The molecule has 0 spiro atoms. The zero-order chi connectivity index (χ0) is 11.5. The van der Waals surface area contributed by atoms with Gasteiger partial charge in [0.25, 0.3) is 0 Å². The van der Waals surface area contributed by atoms with Gasteiger partial charge in [-0.05, 0) is 19.9 Å². The lowest BCUT2D eigenvalue weighted by Gasteiger charge is -2.31. The van der Waals surface area contributed by atoms with Crippen molar-refractivity contribution >= 4 is 0 Å². The van der Waals surface area contributed by atoms with E-state index < -0.39 is 0 Å². The minimum Gasteiger partial charge on any atom is -0.496 e. The first kappa shape index (κ1) is 11.4. The minimum absolute atomic E-state index is 0.185. The Morgan fingerprint density at radius 3 is 2.94 bits per heavy atom. The van der Waals surface area contributed by atoms with Crippen molar-refractivity contribution < 1.29 is 9.47 Å². The molecule has 88 valence electrons. The van der Waals surface area contributed by atoms with E-state index in [0.29, 0.717) is 0 Å². The van der Waals surface area contributed by atoms with Crippen molar-refractivity contribution in [3.05, 3.63) is 29.3 Å². The molecule has 0 saturated carbocycles. The molecule has 16 heavy (non-hydrogen) atoms. The van der Waals surface area contributed by atoms with Crippen LogP contribution in [-0.2, 0) is 4.74 Å². The average molecular weight is 221 g/mol. The Labute approximate surface area is 96.8 Å². The van der Waals surface area contributed by atoms with Gasteiger partial charge in [-0.2, -0.15) is 0 Å². The molecule has 2 unspecified atom stereocenters. The van der Waals surface area contributed by atoms with Crippen LogP contribution >= 0.6 is 0 Å². The van der Waals surface area contributed by atoms with E-state index in [4.69, 9.17) is 9.47 Å². The van der Waals surface area contributed by atoms with Crippen molar-refractivity contribution in [2.45, 2.75) is 26.0 Å². The van der Waals surface area contributed by atoms with Gasteiger partial charge in [-0.25, -0.2) is 0 Å². The first-order valence-electron chi connectivity index (χ1n) is 5.72. The van der Waals surface area contributed by atoms with Gasteiger partial charge in [0.1, 0.15) is 5.75 Å². The lowest BCUT2D eigenvalue weighted by atomic mass is 9.98. The molecule has 1 aromatic carbocycles. The molecule has 1 aromatic rings. The highest BCUT2D eigenvalue weighted by atomic mass is 16.5. The summed E-state index contributed by atoms with van der Waals surface area (Å²) < 4.78 is 11.1. The summed E-state index contributed by atoms with van der Waals surface area (Å²) in [5.41, 5.74) is 2.44. The van der Waals surface area contributed by atoms with Crippen molar-refractivity contribution in [1.29, 1.82) is 0 Å². The van der Waals surface area contributed by atoms with E-state index in [1.165, 1.54) is 11.1 Å². The summed E-state index contributed by atoms with van der Waals surface area (Å²) in [6, 6.07) is 6.48. The Bertz CT molecular complexity index is 365. The van der Waals surface area contributed by atoms with Crippen LogP contribution < -0.4 is 10.1 Å². The summed E-state index contributed by atoms with van der Waals surface area (Å²) in [6.07, 6.45) is 0.185. The molecule has 3 nitrogen and oxygen atoms in total. The van der Waals surface area contributed by atoms with Crippen LogP contribution in [0.4, 0.5) is 0 Å². The van der Waals surface area contributed by atoms with E-state index in [2.05, 4.69) is 31.3 Å². The fraction of sp³-hybridized carbons (Fsp3) is 0.538. The van der Waals surface area contributed by atoms with Crippen molar-refractivity contribution in [2.75, 3.05) is 20.3 Å². The van der Waals surface area contributed by atoms with Gasteiger partial charge in [-0.1, -0.05) is 17.7 Å². The molecule has 0 radical (unpaired) electrons. The fourth-order valence-corrected chi connectivity index (χ4v) is 2.18. The van der Waals surface area contributed by atoms with Crippen LogP contribution in [0.1, 0.15) is 24.1 Å².